The molecule has 2 rings (SSSR count). The molecule has 2 aromatic carbocycles. The number of carbonyl (C=O) groups is 1. The molecule has 19 heavy (non-hydrogen) atoms. The van der Waals surface area contributed by atoms with E-state index in [1.165, 1.54) is 0 Å². The molecule has 0 aliphatic rings. The van der Waals surface area contributed by atoms with Crippen molar-refractivity contribution >= 4 is 5.97 Å². The third-order valence-corrected chi connectivity index (χ3v) is 2.41. The number of carbonyl (C=O) groups excluding carboxylic acids is 1. The highest BCUT2D eigenvalue weighted by Crippen LogP contribution is 2.12. The van der Waals surface area contributed by atoms with Crippen molar-refractivity contribution in [2.24, 2.45) is 0 Å². The minimum Gasteiger partial charge on any atom is -0.287 e. The van der Waals surface area contributed by atoms with E-state index < -0.39 is 5.97 Å². The maximum atomic E-state index is 11.5. The summed E-state index contributed by atoms with van der Waals surface area (Å²) in [5, 5.41) is 8.63. The second-order valence-electron chi connectivity index (χ2n) is 3.84. The van der Waals surface area contributed by atoms with Crippen LogP contribution in [0.25, 0.3) is 0 Å². The Balaban J connectivity index is 1.85. The molecule has 0 N–H and O–H groups in total. The molecule has 0 unspecified atom stereocenters. The third-order valence-electron chi connectivity index (χ3n) is 2.41. The minimum atomic E-state index is -0.476. The van der Waals surface area contributed by atoms with Crippen molar-refractivity contribution < 1.29 is 14.6 Å². The highest BCUT2D eigenvalue weighted by atomic mass is 17.2. The molecule has 0 aliphatic heterocycles. The summed E-state index contributed by atoms with van der Waals surface area (Å²) in [4.78, 5) is 21.1. The Hall–Kier alpha value is -2.80. The van der Waals surface area contributed by atoms with E-state index in [1.54, 1.807) is 24.3 Å². The fourth-order valence-electron chi connectivity index (χ4n) is 1.47. The summed E-state index contributed by atoms with van der Waals surface area (Å²) in [6, 6.07) is 17.5. The number of hydrogen-bond donors (Lipinski definition) is 0. The predicted octanol–water partition coefficient (Wildman–Crippen LogP) is 2.64. The van der Waals surface area contributed by atoms with Gasteiger partial charge in [0.25, 0.3) is 0 Å². The fraction of sp³-hybridized carbons (Fsp3) is 0.0667. The zero-order valence-electron chi connectivity index (χ0n) is 10.1. The van der Waals surface area contributed by atoms with Gasteiger partial charge in [0.15, 0.2) is 5.75 Å². The standard InChI is InChI=1S/C15H11NO3/c16-11-13-6-8-14(9-7-13)18-19-15(17)10-12-4-2-1-3-5-12/h1-9H,10H2. The van der Waals surface area contributed by atoms with E-state index in [0.717, 1.165) is 5.56 Å². The van der Waals surface area contributed by atoms with Gasteiger partial charge in [-0.2, -0.15) is 5.26 Å². The average Bonchev–Trinajstić information content (AvgIpc) is 2.47. The molecule has 4 heteroatoms. The fourth-order valence-corrected chi connectivity index (χ4v) is 1.47. The largest absolute Gasteiger partial charge is 0.359 e. The molecule has 0 amide bonds. The van der Waals surface area contributed by atoms with Crippen molar-refractivity contribution in [3.8, 4) is 11.8 Å². The second-order valence-corrected chi connectivity index (χ2v) is 3.84. The van der Waals surface area contributed by atoms with Gasteiger partial charge in [-0.1, -0.05) is 30.3 Å². The van der Waals surface area contributed by atoms with Crippen LogP contribution >= 0.6 is 0 Å². The molecule has 0 fully saturated rings. The Kier molecular flexibility index (Phi) is 4.14. The molecule has 0 atom stereocenters. The van der Waals surface area contributed by atoms with Gasteiger partial charge in [0.1, 0.15) is 0 Å². The Labute approximate surface area is 110 Å². The van der Waals surface area contributed by atoms with E-state index in [-0.39, 0.29) is 6.42 Å². The molecule has 0 saturated heterocycles. The van der Waals surface area contributed by atoms with Crippen LogP contribution in [0.3, 0.4) is 0 Å². The molecular formula is C15H11NO3. The van der Waals surface area contributed by atoms with Crippen LogP contribution < -0.4 is 4.89 Å². The topological polar surface area (TPSA) is 59.3 Å². The van der Waals surface area contributed by atoms with Gasteiger partial charge in [0.2, 0.25) is 0 Å². The predicted molar refractivity (Wildman–Crippen MR) is 68.0 cm³/mol. The Morgan fingerprint density at radius 2 is 1.74 bits per heavy atom. The van der Waals surface area contributed by atoms with Gasteiger partial charge < -0.3 is 0 Å². The van der Waals surface area contributed by atoms with Crippen molar-refractivity contribution in [3.63, 3.8) is 0 Å². The van der Waals surface area contributed by atoms with Gasteiger partial charge in [-0.3, -0.25) is 9.78 Å². The number of nitrogens with zero attached hydrogens (tertiary/aromatic N) is 1. The van der Waals surface area contributed by atoms with Gasteiger partial charge in [-0.05, 0) is 29.8 Å². The minimum absolute atomic E-state index is 0.150. The molecular weight excluding hydrogens is 242 g/mol. The van der Waals surface area contributed by atoms with E-state index in [9.17, 15) is 4.79 Å². The number of benzene rings is 2. The molecule has 2 aromatic rings. The first-order valence-corrected chi connectivity index (χ1v) is 5.69. The molecule has 0 bridgehead atoms. The first-order chi connectivity index (χ1) is 9.28. The van der Waals surface area contributed by atoms with Gasteiger partial charge in [0.05, 0.1) is 18.1 Å². The highest BCUT2D eigenvalue weighted by Gasteiger charge is 2.06. The van der Waals surface area contributed by atoms with Crippen LogP contribution in [0.2, 0.25) is 0 Å². The summed E-state index contributed by atoms with van der Waals surface area (Å²) in [7, 11) is 0. The Morgan fingerprint density at radius 1 is 1.05 bits per heavy atom. The summed E-state index contributed by atoms with van der Waals surface area (Å²) >= 11 is 0. The van der Waals surface area contributed by atoms with E-state index in [4.69, 9.17) is 10.1 Å². The Morgan fingerprint density at radius 3 is 2.37 bits per heavy atom. The highest BCUT2D eigenvalue weighted by molar-refractivity contribution is 5.72. The monoisotopic (exact) mass is 253 g/mol. The molecule has 0 heterocycles. The van der Waals surface area contributed by atoms with Crippen LogP contribution in [0, 0.1) is 11.3 Å². The lowest BCUT2D eigenvalue weighted by molar-refractivity contribution is -0.212. The molecule has 0 spiro atoms. The number of rotatable bonds is 4. The zero-order chi connectivity index (χ0) is 13.5. The third kappa shape index (κ3) is 3.86. The first kappa shape index (κ1) is 12.7. The van der Waals surface area contributed by atoms with Crippen LogP contribution in [0.4, 0.5) is 0 Å². The van der Waals surface area contributed by atoms with Crippen LogP contribution in [-0.2, 0) is 16.1 Å². The summed E-state index contributed by atoms with van der Waals surface area (Å²) < 4.78 is 0. The lowest BCUT2D eigenvalue weighted by Crippen LogP contribution is -2.10. The van der Waals surface area contributed by atoms with Gasteiger partial charge in [-0.25, -0.2) is 4.79 Å². The van der Waals surface area contributed by atoms with Crippen molar-refractivity contribution in [3.05, 3.63) is 65.7 Å². The lowest BCUT2D eigenvalue weighted by Gasteiger charge is -2.04. The molecule has 0 aliphatic carbocycles. The summed E-state index contributed by atoms with van der Waals surface area (Å²) in [6.45, 7) is 0. The summed E-state index contributed by atoms with van der Waals surface area (Å²) in [5.74, 6) is -0.101. The smallest absolute Gasteiger partial charge is 0.287 e. The van der Waals surface area contributed by atoms with Crippen LogP contribution in [0.1, 0.15) is 11.1 Å². The summed E-state index contributed by atoms with van der Waals surface area (Å²) in [5.41, 5.74) is 1.37. The molecule has 0 radical (unpaired) electrons. The molecule has 0 aromatic heterocycles. The zero-order valence-corrected chi connectivity index (χ0v) is 10.1. The van der Waals surface area contributed by atoms with E-state index in [2.05, 4.69) is 4.89 Å². The molecule has 94 valence electrons. The maximum absolute atomic E-state index is 11.5. The second kappa shape index (κ2) is 6.22. The average molecular weight is 253 g/mol. The number of nitriles is 1. The van der Waals surface area contributed by atoms with E-state index >= 15 is 0 Å². The van der Waals surface area contributed by atoms with Crippen molar-refractivity contribution in [2.75, 3.05) is 0 Å². The molecule has 4 nitrogen and oxygen atoms in total. The van der Waals surface area contributed by atoms with Gasteiger partial charge in [0, 0.05) is 0 Å². The van der Waals surface area contributed by atoms with Crippen molar-refractivity contribution in [2.45, 2.75) is 6.42 Å². The van der Waals surface area contributed by atoms with Crippen LogP contribution in [0.5, 0.6) is 5.75 Å². The first-order valence-electron chi connectivity index (χ1n) is 5.69. The van der Waals surface area contributed by atoms with Gasteiger partial charge in [-0.15, -0.1) is 0 Å². The summed E-state index contributed by atoms with van der Waals surface area (Å²) in [6.07, 6.45) is 0.150. The Bertz CT molecular complexity index is 585. The quantitative estimate of drug-likeness (QED) is 0.620. The molecule has 0 saturated carbocycles. The van der Waals surface area contributed by atoms with Crippen LogP contribution in [0.15, 0.2) is 54.6 Å². The lowest BCUT2D eigenvalue weighted by atomic mass is 10.2. The van der Waals surface area contributed by atoms with Crippen LogP contribution in [-0.4, -0.2) is 5.97 Å². The number of hydrogen-bond acceptors (Lipinski definition) is 4. The normalized spacial score (nSPS) is 9.42. The SMILES string of the molecule is N#Cc1ccc(OOC(=O)Cc2ccccc2)cc1. The van der Waals surface area contributed by atoms with Gasteiger partial charge >= 0.3 is 5.97 Å². The van der Waals surface area contributed by atoms with Crippen molar-refractivity contribution in [1.82, 2.24) is 0 Å². The van der Waals surface area contributed by atoms with E-state index in [0.29, 0.717) is 11.3 Å². The van der Waals surface area contributed by atoms with Crippen molar-refractivity contribution in [1.29, 1.82) is 5.26 Å². The maximum Gasteiger partial charge on any atom is 0.359 e. The van der Waals surface area contributed by atoms with E-state index in [1.807, 2.05) is 36.4 Å².